The summed E-state index contributed by atoms with van der Waals surface area (Å²) in [6.07, 6.45) is 5.15. The molecule has 0 aliphatic carbocycles. The normalized spacial score (nSPS) is 21.6. The van der Waals surface area contributed by atoms with E-state index in [2.05, 4.69) is 13.8 Å². The quantitative estimate of drug-likeness (QED) is 0.812. The maximum atomic E-state index is 12.8. The number of nitrogens with zero attached hydrogens (tertiary/aromatic N) is 2. The smallest absolute Gasteiger partial charge is 0.242 e. The third-order valence-electron chi connectivity index (χ3n) is 4.96. The second kappa shape index (κ2) is 6.19. The first-order chi connectivity index (χ1) is 11.0. The van der Waals surface area contributed by atoms with Gasteiger partial charge < -0.3 is 9.47 Å². The number of hydrogen-bond donors (Lipinski definition) is 0. The Morgan fingerprint density at radius 2 is 1.78 bits per heavy atom. The summed E-state index contributed by atoms with van der Waals surface area (Å²) in [5.41, 5.74) is 1.64. The van der Waals surface area contributed by atoms with Crippen molar-refractivity contribution in [1.82, 2.24) is 9.47 Å². The van der Waals surface area contributed by atoms with Crippen molar-refractivity contribution in [3.05, 3.63) is 36.0 Å². The van der Waals surface area contributed by atoms with Gasteiger partial charge in [-0.3, -0.25) is 9.59 Å². The standard InChI is InChI=1S/C19H24N2O2/c1-13-7-6-8-14(2)21(13)19(23)12-20-11-17(15(3)22)16-9-4-5-10-18(16)20/h4-5,9-11,13-14H,6-8,12H2,1-3H3. The molecule has 23 heavy (non-hydrogen) atoms. The van der Waals surface area contributed by atoms with Crippen molar-refractivity contribution in [2.45, 2.75) is 58.7 Å². The highest BCUT2D eigenvalue weighted by Gasteiger charge is 2.29. The molecule has 1 fully saturated rings. The molecule has 1 aliphatic heterocycles. The van der Waals surface area contributed by atoms with Gasteiger partial charge in [0.1, 0.15) is 6.54 Å². The van der Waals surface area contributed by atoms with E-state index < -0.39 is 0 Å². The van der Waals surface area contributed by atoms with Crippen LogP contribution in [0.3, 0.4) is 0 Å². The number of likely N-dealkylation sites (tertiary alicyclic amines) is 1. The van der Waals surface area contributed by atoms with Gasteiger partial charge in [0.25, 0.3) is 0 Å². The number of rotatable bonds is 3. The van der Waals surface area contributed by atoms with Gasteiger partial charge in [-0.25, -0.2) is 0 Å². The number of Topliss-reactive ketones (excluding diaryl/α,β-unsaturated/α-hetero) is 1. The zero-order valence-corrected chi connectivity index (χ0v) is 14.1. The number of fused-ring (bicyclic) bond motifs is 1. The van der Waals surface area contributed by atoms with Crippen LogP contribution in [0.5, 0.6) is 0 Å². The molecule has 0 N–H and O–H groups in total. The number of carbonyl (C=O) groups excluding carboxylic acids is 2. The Bertz CT molecular complexity index is 737. The predicted octanol–water partition coefficient (Wildman–Crippen LogP) is 3.63. The van der Waals surface area contributed by atoms with Crippen molar-refractivity contribution in [3.8, 4) is 0 Å². The summed E-state index contributed by atoms with van der Waals surface area (Å²) in [6.45, 7) is 6.12. The molecule has 1 aliphatic rings. The van der Waals surface area contributed by atoms with Gasteiger partial charge in [0.2, 0.25) is 5.91 Å². The predicted molar refractivity (Wildman–Crippen MR) is 91.6 cm³/mol. The largest absolute Gasteiger partial charge is 0.337 e. The van der Waals surface area contributed by atoms with Crippen LogP contribution < -0.4 is 0 Å². The van der Waals surface area contributed by atoms with Crippen LogP contribution in [0.4, 0.5) is 0 Å². The summed E-state index contributed by atoms with van der Waals surface area (Å²) < 4.78 is 1.92. The monoisotopic (exact) mass is 312 g/mol. The summed E-state index contributed by atoms with van der Waals surface area (Å²) in [5.74, 6) is 0.174. The molecule has 0 saturated carbocycles. The maximum Gasteiger partial charge on any atom is 0.242 e. The number of amides is 1. The van der Waals surface area contributed by atoms with Crippen LogP contribution in [0, 0.1) is 0 Å². The Balaban J connectivity index is 1.92. The van der Waals surface area contributed by atoms with Crippen molar-refractivity contribution in [1.29, 1.82) is 0 Å². The van der Waals surface area contributed by atoms with E-state index in [9.17, 15) is 9.59 Å². The maximum absolute atomic E-state index is 12.8. The van der Waals surface area contributed by atoms with Crippen LogP contribution >= 0.6 is 0 Å². The number of aromatic nitrogens is 1. The minimum absolute atomic E-state index is 0.0344. The van der Waals surface area contributed by atoms with Gasteiger partial charge in [0, 0.05) is 34.7 Å². The Labute approximate surface area is 137 Å². The first-order valence-corrected chi connectivity index (χ1v) is 8.39. The lowest BCUT2D eigenvalue weighted by molar-refractivity contribution is -0.137. The lowest BCUT2D eigenvalue weighted by Crippen LogP contribution is -2.48. The average Bonchev–Trinajstić information content (AvgIpc) is 2.86. The molecule has 2 atom stereocenters. The van der Waals surface area contributed by atoms with Gasteiger partial charge in [-0.05, 0) is 46.1 Å². The SMILES string of the molecule is CC(=O)c1cn(CC(=O)N2C(C)CCCC2C)c2ccccc12. The van der Waals surface area contributed by atoms with Gasteiger partial charge in [-0.1, -0.05) is 18.2 Å². The van der Waals surface area contributed by atoms with Gasteiger partial charge in [0.05, 0.1) is 0 Å². The zero-order chi connectivity index (χ0) is 16.6. The molecule has 3 rings (SSSR count). The van der Waals surface area contributed by atoms with Gasteiger partial charge in [-0.15, -0.1) is 0 Å². The van der Waals surface area contributed by atoms with E-state index >= 15 is 0 Å². The van der Waals surface area contributed by atoms with E-state index in [1.54, 1.807) is 6.92 Å². The summed E-state index contributed by atoms with van der Waals surface area (Å²) in [7, 11) is 0. The average molecular weight is 312 g/mol. The Kier molecular flexibility index (Phi) is 4.24. The summed E-state index contributed by atoms with van der Waals surface area (Å²) >= 11 is 0. The van der Waals surface area contributed by atoms with Crippen molar-refractivity contribution in [2.24, 2.45) is 0 Å². The summed E-state index contributed by atoms with van der Waals surface area (Å²) in [4.78, 5) is 26.7. The van der Waals surface area contributed by atoms with E-state index in [-0.39, 0.29) is 11.7 Å². The molecular weight excluding hydrogens is 288 g/mol. The number of piperidine rings is 1. The van der Waals surface area contributed by atoms with Crippen molar-refractivity contribution in [3.63, 3.8) is 0 Å². The second-order valence-corrected chi connectivity index (χ2v) is 6.67. The molecule has 0 radical (unpaired) electrons. The van der Waals surface area contributed by atoms with Gasteiger partial charge in [-0.2, -0.15) is 0 Å². The number of ketones is 1. The third kappa shape index (κ3) is 2.90. The van der Waals surface area contributed by atoms with E-state index in [0.717, 1.165) is 23.7 Å². The summed E-state index contributed by atoms with van der Waals surface area (Å²) in [5, 5.41) is 0.924. The number of para-hydroxylation sites is 1. The van der Waals surface area contributed by atoms with E-state index in [1.165, 1.54) is 6.42 Å². The van der Waals surface area contributed by atoms with Crippen LogP contribution in [0.1, 0.15) is 50.4 Å². The molecule has 1 saturated heterocycles. The van der Waals surface area contributed by atoms with Crippen LogP contribution in [-0.2, 0) is 11.3 Å². The van der Waals surface area contributed by atoms with E-state index in [1.807, 2.05) is 39.9 Å². The molecular formula is C19H24N2O2. The van der Waals surface area contributed by atoms with Crippen LogP contribution in [0.15, 0.2) is 30.5 Å². The highest BCUT2D eigenvalue weighted by atomic mass is 16.2. The number of carbonyl (C=O) groups is 2. The van der Waals surface area contributed by atoms with Crippen LogP contribution in [0.2, 0.25) is 0 Å². The van der Waals surface area contributed by atoms with Crippen molar-refractivity contribution >= 4 is 22.6 Å². The molecule has 122 valence electrons. The fourth-order valence-corrected chi connectivity index (χ4v) is 3.80. The van der Waals surface area contributed by atoms with E-state index in [0.29, 0.717) is 24.2 Å². The Morgan fingerprint density at radius 3 is 2.43 bits per heavy atom. The molecule has 2 heterocycles. The highest BCUT2D eigenvalue weighted by Crippen LogP contribution is 2.25. The molecule has 1 aromatic carbocycles. The van der Waals surface area contributed by atoms with Crippen LogP contribution in [0.25, 0.3) is 10.9 Å². The Hall–Kier alpha value is -2.10. The Morgan fingerprint density at radius 1 is 1.13 bits per heavy atom. The minimum atomic E-state index is 0.0344. The van der Waals surface area contributed by atoms with Crippen molar-refractivity contribution in [2.75, 3.05) is 0 Å². The van der Waals surface area contributed by atoms with Gasteiger partial charge >= 0.3 is 0 Å². The number of benzene rings is 1. The second-order valence-electron chi connectivity index (χ2n) is 6.67. The molecule has 2 aromatic rings. The molecule has 1 amide bonds. The molecule has 0 bridgehead atoms. The van der Waals surface area contributed by atoms with Crippen LogP contribution in [-0.4, -0.2) is 33.2 Å². The first-order valence-electron chi connectivity index (χ1n) is 8.39. The minimum Gasteiger partial charge on any atom is -0.337 e. The summed E-state index contributed by atoms with van der Waals surface area (Å²) in [6, 6.07) is 8.37. The number of hydrogen-bond acceptors (Lipinski definition) is 2. The molecule has 4 nitrogen and oxygen atoms in total. The molecule has 0 spiro atoms. The lowest BCUT2D eigenvalue weighted by atomic mass is 9.97. The zero-order valence-electron chi connectivity index (χ0n) is 14.1. The molecule has 1 aromatic heterocycles. The van der Waals surface area contributed by atoms with Gasteiger partial charge in [0.15, 0.2) is 5.78 Å². The highest BCUT2D eigenvalue weighted by molar-refractivity contribution is 6.07. The lowest BCUT2D eigenvalue weighted by Gasteiger charge is -2.39. The van der Waals surface area contributed by atoms with Crippen molar-refractivity contribution < 1.29 is 9.59 Å². The first kappa shape index (κ1) is 15.8. The van der Waals surface area contributed by atoms with E-state index in [4.69, 9.17) is 0 Å². The third-order valence-corrected chi connectivity index (χ3v) is 4.96. The fourth-order valence-electron chi connectivity index (χ4n) is 3.80. The topological polar surface area (TPSA) is 42.3 Å². The fraction of sp³-hybridized carbons (Fsp3) is 0.474. The molecule has 2 unspecified atom stereocenters. The molecule has 4 heteroatoms.